The summed E-state index contributed by atoms with van der Waals surface area (Å²) in [4.78, 5) is 14.6. The number of carbonyl (C=O) groups is 1. The third kappa shape index (κ3) is 6.16. The number of hydrogen-bond donors (Lipinski definition) is 1. The van der Waals surface area contributed by atoms with Crippen molar-refractivity contribution in [2.24, 2.45) is 0 Å². The summed E-state index contributed by atoms with van der Waals surface area (Å²) in [5.41, 5.74) is 0.121. The molecule has 1 saturated heterocycles. The zero-order valence-corrected chi connectivity index (χ0v) is 17.6. The lowest BCUT2D eigenvalue weighted by atomic mass is 10.3. The van der Waals surface area contributed by atoms with E-state index in [-0.39, 0.29) is 27.3 Å². The van der Waals surface area contributed by atoms with Gasteiger partial charge in [0.25, 0.3) is 0 Å². The summed E-state index contributed by atoms with van der Waals surface area (Å²) < 4.78 is 25.2. The zero-order chi connectivity index (χ0) is 19.3. The largest absolute Gasteiger partial charge is 0.354 e. The molecule has 1 amide bonds. The Bertz CT molecular complexity index is 753. The standard InChI is InChI=1S/C16H22Cl3N3O3S/c1-26(24,25)22(15-10-13(18)12(17)9-14(15)19)11-16(23)20-5-4-8-21-6-2-3-7-21/h9-10H,2-8,11H2,1H3,(H,20,23). The molecule has 1 heterocycles. The van der Waals surface area contributed by atoms with E-state index in [1.807, 2.05) is 0 Å². The summed E-state index contributed by atoms with van der Waals surface area (Å²) in [6, 6.07) is 2.70. The smallest absolute Gasteiger partial charge is 0.240 e. The van der Waals surface area contributed by atoms with Gasteiger partial charge in [-0.1, -0.05) is 34.8 Å². The number of nitrogens with zero attached hydrogens (tertiary/aromatic N) is 2. The van der Waals surface area contributed by atoms with Gasteiger partial charge < -0.3 is 10.2 Å². The number of halogens is 3. The summed E-state index contributed by atoms with van der Waals surface area (Å²) in [6.45, 7) is 3.24. The fourth-order valence-electron chi connectivity index (χ4n) is 2.81. The second kappa shape index (κ2) is 9.46. The van der Waals surface area contributed by atoms with Gasteiger partial charge in [-0.05, 0) is 51.0 Å². The van der Waals surface area contributed by atoms with Crippen LogP contribution in [0.1, 0.15) is 19.3 Å². The number of hydrogen-bond acceptors (Lipinski definition) is 4. The van der Waals surface area contributed by atoms with Gasteiger partial charge in [-0.15, -0.1) is 0 Å². The van der Waals surface area contributed by atoms with Gasteiger partial charge in [0.2, 0.25) is 15.9 Å². The summed E-state index contributed by atoms with van der Waals surface area (Å²) >= 11 is 17.9. The molecule has 2 rings (SSSR count). The number of amides is 1. The first-order valence-corrected chi connectivity index (χ1v) is 11.3. The van der Waals surface area contributed by atoms with Crippen molar-refractivity contribution in [1.82, 2.24) is 10.2 Å². The Kier molecular flexibility index (Phi) is 7.85. The monoisotopic (exact) mass is 441 g/mol. The highest BCUT2D eigenvalue weighted by molar-refractivity contribution is 7.92. The molecule has 10 heteroatoms. The van der Waals surface area contributed by atoms with E-state index in [1.165, 1.54) is 25.0 Å². The SMILES string of the molecule is CS(=O)(=O)N(CC(=O)NCCCN1CCCC1)c1cc(Cl)c(Cl)cc1Cl. The van der Waals surface area contributed by atoms with Crippen LogP contribution in [0, 0.1) is 0 Å². The predicted molar refractivity (Wildman–Crippen MR) is 107 cm³/mol. The van der Waals surface area contributed by atoms with Crippen molar-refractivity contribution >= 4 is 56.4 Å². The number of rotatable bonds is 8. The van der Waals surface area contributed by atoms with Crippen LogP contribution in [0.5, 0.6) is 0 Å². The normalized spacial score (nSPS) is 15.2. The van der Waals surface area contributed by atoms with E-state index in [4.69, 9.17) is 34.8 Å². The molecule has 1 fully saturated rings. The molecule has 0 unspecified atom stereocenters. The molecule has 26 heavy (non-hydrogen) atoms. The van der Waals surface area contributed by atoms with Gasteiger partial charge in [0, 0.05) is 6.54 Å². The molecule has 0 aromatic heterocycles. The van der Waals surface area contributed by atoms with E-state index in [9.17, 15) is 13.2 Å². The lowest BCUT2D eigenvalue weighted by molar-refractivity contribution is -0.119. The van der Waals surface area contributed by atoms with Gasteiger partial charge in [0.05, 0.1) is 27.0 Å². The molecule has 0 radical (unpaired) electrons. The summed E-state index contributed by atoms with van der Waals surface area (Å²) in [5, 5.41) is 3.22. The Hall–Kier alpha value is -0.730. The average molecular weight is 443 g/mol. The molecule has 1 aliphatic rings. The van der Waals surface area contributed by atoms with Crippen LogP contribution < -0.4 is 9.62 Å². The Morgan fingerprint density at radius 1 is 1.15 bits per heavy atom. The second-order valence-corrected chi connectivity index (χ2v) is 9.37. The summed E-state index contributed by atoms with van der Waals surface area (Å²) in [6.07, 6.45) is 4.27. The average Bonchev–Trinajstić information content (AvgIpc) is 3.05. The summed E-state index contributed by atoms with van der Waals surface area (Å²) in [5.74, 6) is -0.404. The van der Waals surface area contributed by atoms with E-state index >= 15 is 0 Å². The van der Waals surface area contributed by atoms with Crippen LogP contribution in [0.15, 0.2) is 12.1 Å². The van der Waals surface area contributed by atoms with E-state index in [0.717, 1.165) is 36.6 Å². The Morgan fingerprint density at radius 3 is 2.38 bits per heavy atom. The molecule has 1 N–H and O–H groups in total. The maximum atomic E-state index is 12.2. The maximum absolute atomic E-state index is 12.2. The number of benzene rings is 1. The fraction of sp³-hybridized carbons (Fsp3) is 0.562. The highest BCUT2D eigenvalue weighted by atomic mass is 35.5. The lowest BCUT2D eigenvalue weighted by Gasteiger charge is -2.23. The Labute approximate surface area is 169 Å². The lowest BCUT2D eigenvalue weighted by Crippen LogP contribution is -2.41. The quantitative estimate of drug-likeness (QED) is 0.496. The van der Waals surface area contributed by atoms with Crippen LogP contribution in [0.25, 0.3) is 0 Å². The highest BCUT2D eigenvalue weighted by Gasteiger charge is 2.24. The van der Waals surface area contributed by atoms with E-state index < -0.39 is 15.9 Å². The van der Waals surface area contributed by atoms with Gasteiger partial charge in [-0.2, -0.15) is 0 Å². The molecular weight excluding hydrogens is 421 g/mol. The first-order valence-electron chi connectivity index (χ1n) is 8.30. The molecule has 1 aromatic carbocycles. The fourth-order valence-corrected chi connectivity index (χ4v) is 4.36. The molecule has 6 nitrogen and oxygen atoms in total. The van der Waals surface area contributed by atoms with E-state index in [2.05, 4.69) is 10.2 Å². The Balaban J connectivity index is 1.97. The maximum Gasteiger partial charge on any atom is 0.240 e. The minimum absolute atomic E-state index is 0.103. The molecule has 1 aliphatic heterocycles. The van der Waals surface area contributed by atoms with Crippen molar-refractivity contribution < 1.29 is 13.2 Å². The molecule has 0 bridgehead atoms. The van der Waals surface area contributed by atoms with Crippen LogP contribution in [0.3, 0.4) is 0 Å². The van der Waals surface area contributed by atoms with Crippen LogP contribution in [0.2, 0.25) is 15.1 Å². The summed E-state index contributed by atoms with van der Waals surface area (Å²) in [7, 11) is -3.73. The van der Waals surface area contributed by atoms with E-state index in [1.54, 1.807) is 0 Å². The minimum atomic E-state index is -3.73. The van der Waals surface area contributed by atoms with Crippen molar-refractivity contribution in [3.05, 3.63) is 27.2 Å². The molecule has 0 atom stereocenters. The van der Waals surface area contributed by atoms with Gasteiger partial charge in [0.15, 0.2) is 0 Å². The van der Waals surface area contributed by atoms with Crippen LogP contribution in [0.4, 0.5) is 5.69 Å². The second-order valence-electron chi connectivity index (χ2n) is 6.24. The van der Waals surface area contributed by atoms with Gasteiger partial charge in [-0.3, -0.25) is 9.10 Å². The molecular formula is C16H22Cl3N3O3S. The number of nitrogens with one attached hydrogen (secondary N) is 1. The number of anilines is 1. The van der Waals surface area contributed by atoms with Crippen molar-refractivity contribution in [2.75, 3.05) is 43.3 Å². The molecule has 0 aliphatic carbocycles. The molecule has 146 valence electrons. The Morgan fingerprint density at radius 2 is 1.77 bits per heavy atom. The molecule has 0 saturated carbocycles. The van der Waals surface area contributed by atoms with Crippen molar-refractivity contribution in [3.63, 3.8) is 0 Å². The molecule has 0 spiro atoms. The third-order valence-corrected chi connectivity index (χ3v) is 6.27. The van der Waals surface area contributed by atoms with Crippen molar-refractivity contribution in [1.29, 1.82) is 0 Å². The predicted octanol–water partition coefficient (Wildman–Crippen LogP) is 3.01. The van der Waals surface area contributed by atoms with E-state index in [0.29, 0.717) is 6.54 Å². The van der Waals surface area contributed by atoms with Crippen LogP contribution in [-0.4, -0.2) is 58.2 Å². The number of carbonyl (C=O) groups excluding carboxylic acids is 1. The van der Waals surface area contributed by atoms with Gasteiger partial charge in [0.1, 0.15) is 6.54 Å². The van der Waals surface area contributed by atoms with Gasteiger partial charge in [-0.25, -0.2) is 8.42 Å². The molecule has 1 aromatic rings. The van der Waals surface area contributed by atoms with Crippen LogP contribution in [-0.2, 0) is 14.8 Å². The van der Waals surface area contributed by atoms with Crippen molar-refractivity contribution in [3.8, 4) is 0 Å². The highest BCUT2D eigenvalue weighted by Crippen LogP contribution is 2.35. The van der Waals surface area contributed by atoms with Gasteiger partial charge >= 0.3 is 0 Å². The first kappa shape index (κ1) is 21.6. The number of sulfonamides is 1. The topological polar surface area (TPSA) is 69.7 Å². The first-order chi connectivity index (χ1) is 12.2. The number of likely N-dealkylation sites (tertiary alicyclic amines) is 1. The minimum Gasteiger partial charge on any atom is -0.354 e. The van der Waals surface area contributed by atoms with Crippen LogP contribution >= 0.6 is 34.8 Å². The zero-order valence-electron chi connectivity index (χ0n) is 14.5. The third-order valence-electron chi connectivity index (χ3n) is 4.12. The van der Waals surface area contributed by atoms with Crippen molar-refractivity contribution in [2.45, 2.75) is 19.3 Å².